The lowest BCUT2D eigenvalue weighted by Crippen LogP contribution is -1.94. The van der Waals surface area contributed by atoms with Gasteiger partial charge in [0.2, 0.25) is 0 Å². The monoisotopic (exact) mass is 243 g/mol. The molecule has 0 bridgehead atoms. The van der Waals surface area contributed by atoms with Crippen molar-refractivity contribution in [2.75, 3.05) is 12.8 Å². The van der Waals surface area contributed by atoms with Gasteiger partial charge in [0.05, 0.1) is 18.4 Å². The van der Waals surface area contributed by atoms with Crippen LogP contribution in [0.4, 0.5) is 5.69 Å². The maximum absolute atomic E-state index is 10.9. The smallest absolute Gasteiger partial charge is 0.153 e. The van der Waals surface area contributed by atoms with Gasteiger partial charge in [0, 0.05) is 5.56 Å². The van der Waals surface area contributed by atoms with Crippen molar-refractivity contribution < 1.29 is 14.6 Å². The Hall–Kier alpha value is -2.49. The molecule has 0 aliphatic carbocycles. The first-order valence-electron chi connectivity index (χ1n) is 5.38. The summed E-state index contributed by atoms with van der Waals surface area (Å²) in [6.45, 7) is 0. The van der Waals surface area contributed by atoms with Gasteiger partial charge in [-0.1, -0.05) is 18.2 Å². The van der Waals surface area contributed by atoms with E-state index in [2.05, 4.69) is 0 Å². The Kier molecular flexibility index (Phi) is 3.19. The van der Waals surface area contributed by atoms with E-state index in [4.69, 9.17) is 10.5 Å². The van der Waals surface area contributed by atoms with Gasteiger partial charge >= 0.3 is 0 Å². The molecule has 3 N–H and O–H groups in total. The lowest BCUT2D eigenvalue weighted by Gasteiger charge is -2.10. The Bertz CT molecular complexity index is 594. The Balaban J connectivity index is 2.64. The molecule has 18 heavy (non-hydrogen) atoms. The van der Waals surface area contributed by atoms with Gasteiger partial charge in [-0.2, -0.15) is 0 Å². The second-order valence-electron chi connectivity index (χ2n) is 3.82. The van der Waals surface area contributed by atoms with E-state index in [9.17, 15) is 9.90 Å². The van der Waals surface area contributed by atoms with Gasteiger partial charge < -0.3 is 15.6 Å². The fourth-order valence-corrected chi connectivity index (χ4v) is 1.81. The van der Waals surface area contributed by atoms with Crippen molar-refractivity contribution in [1.29, 1.82) is 0 Å². The highest BCUT2D eigenvalue weighted by Crippen LogP contribution is 2.35. The molecular formula is C14H13NO3. The van der Waals surface area contributed by atoms with E-state index >= 15 is 0 Å². The van der Waals surface area contributed by atoms with Crippen molar-refractivity contribution in [2.24, 2.45) is 0 Å². The molecule has 0 aliphatic rings. The first kappa shape index (κ1) is 12.0. The minimum atomic E-state index is -0.191. The maximum atomic E-state index is 10.9. The molecule has 2 rings (SSSR count). The van der Waals surface area contributed by atoms with Gasteiger partial charge in [-0.05, 0) is 23.8 Å². The van der Waals surface area contributed by atoms with E-state index in [1.165, 1.54) is 0 Å². The zero-order valence-electron chi connectivity index (χ0n) is 9.88. The number of hydrogen-bond donors (Lipinski definition) is 2. The third-order valence-electron chi connectivity index (χ3n) is 2.71. The molecule has 0 unspecified atom stereocenters. The van der Waals surface area contributed by atoms with Crippen LogP contribution in [0.2, 0.25) is 0 Å². The average molecular weight is 243 g/mol. The highest BCUT2D eigenvalue weighted by atomic mass is 16.5. The van der Waals surface area contributed by atoms with E-state index in [0.717, 1.165) is 11.1 Å². The summed E-state index contributed by atoms with van der Waals surface area (Å²) in [5, 5.41) is 9.61. The second-order valence-corrected chi connectivity index (χ2v) is 3.82. The Morgan fingerprint density at radius 2 is 2.00 bits per heavy atom. The molecule has 0 heterocycles. The lowest BCUT2D eigenvalue weighted by molar-refractivity contribution is 0.112. The number of anilines is 1. The lowest BCUT2D eigenvalue weighted by atomic mass is 10.0. The van der Waals surface area contributed by atoms with Gasteiger partial charge in [0.15, 0.2) is 6.29 Å². The van der Waals surface area contributed by atoms with Gasteiger partial charge in [-0.25, -0.2) is 0 Å². The number of nitrogen functional groups attached to an aromatic ring is 1. The summed E-state index contributed by atoms with van der Waals surface area (Å²) in [4.78, 5) is 10.9. The molecule has 2 aromatic rings. The molecule has 0 spiro atoms. The molecule has 2 aromatic carbocycles. The van der Waals surface area contributed by atoms with Crippen molar-refractivity contribution >= 4 is 12.0 Å². The molecular weight excluding hydrogens is 230 g/mol. The maximum Gasteiger partial charge on any atom is 0.153 e. The van der Waals surface area contributed by atoms with E-state index in [1.54, 1.807) is 19.2 Å². The van der Waals surface area contributed by atoms with Gasteiger partial charge in [0.1, 0.15) is 11.5 Å². The molecule has 4 heteroatoms. The molecule has 92 valence electrons. The summed E-state index contributed by atoms with van der Waals surface area (Å²) in [7, 11) is 1.57. The Labute approximate surface area is 105 Å². The number of carbonyl (C=O) groups excluding carboxylic acids is 1. The van der Waals surface area contributed by atoms with E-state index < -0.39 is 0 Å². The number of phenols is 1. The van der Waals surface area contributed by atoms with Crippen LogP contribution in [0.15, 0.2) is 36.4 Å². The fraction of sp³-hybridized carbons (Fsp3) is 0.0714. The zero-order chi connectivity index (χ0) is 13.1. The number of aromatic hydroxyl groups is 1. The molecule has 0 aromatic heterocycles. The Morgan fingerprint density at radius 1 is 1.28 bits per heavy atom. The van der Waals surface area contributed by atoms with Crippen LogP contribution in [0.5, 0.6) is 11.5 Å². The Morgan fingerprint density at radius 3 is 2.67 bits per heavy atom. The van der Waals surface area contributed by atoms with Crippen LogP contribution in [-0.2, 0) is 0 Å². The fourth-order valence-electron chi connectivity index (χ4n) is 1.81. The molecule has 0 aliphatic heterocycles. The van der Waals surface area contributed by atoms with Crippen LogP contribution >= 0.6 is 0 Å². The van der Waals surface area contributed by atoms with Crippen LogP contribution in [0, 0.1) is 0 Å². The molecule has 0 radical (unpaired) electrons. The molecule has 0 amide bonds. The second kappa shape index (κ2) is 4.79. The zero-order valence-corrected chi connectivity index (χ0v) is 9.88. The van der Waals surface area contributed by atoms with Crippen LogP contribution in [0.3, 0.4) is 0 Å². The number of hydrogen-bond acceptors (Lipinski definition) is 4. The standard InChI is InChI=1S/C14H13NO3/c1-18-13-5-3-2-4-11(13)9-6-10(8-16)14(17)12(15)7-9/h2-8,17H,15H2,1H3. The molecule has 0 atom stereocenters. The first-order chi connectivity index (χ1) is 8.67. The molecule has 0 saturated carbocycles. The van der Waals surface area contributed by atoms with Crippen molar-refractivity contribution in [3.8, 4) is 22.6 Å². The van der Waals surface area contributed by atoms with Crippen molar-refractivity contribution in [2.45, 2.75) is 0 Å². The van der Waals surface area contributed by atoms with E-state index in [1.807, 2.05) is 24.3 Å². The molecule has 0 fully saturated rings. The van der Waals surface area contributed by atoms with Crippen LogP contribution in [0.25, 0.3) is 11.1 Å². The highest BCUT2D eigenvalue weighted by Gasteiger charge is 2.11. The average Bonchev–Trinajstić information content (AvgIpc) is 2.41. The summed E-state index contributed by atoms with van der Waals surface area (Å²) < 4.78 is 5.25. The predicted molar refractivity (Wildman–Crippen MR) is 69.9 cm³/mol. The van der Waals surface area contributed by atoms with Gasteiger partial charge in [-0.15, -0.1) is 0 Å². The number of carbonyl (C=O) groups is 1. The summed E-state index contributed by atoms with van der Waals surface area (Å²) in [6.07, 6.45) is 0.574. The first-order valence-corrected chi connectivity index (χ1v) is 5.38. The number of rotatable bonds is 3. The van der Waals surface area contributed by atoms with Crippen molar-refractivity contribution in [1.82, 2.24) is 0 Å². The van der Waals surface area contributed by atoms with E-state index in [0.29, 0.717) is 12.0 Å². The van der Waals surface area contributed by atoms with Crippen LogP contribution < -0.4 is 10.5 Å². The van der Waals surface area contributed by atoms with Crippen molar-refractivity contribution in [3.05, 3.63) is 42.0 Å². The van der Waals surface area contributed by atoms with Crippen LogP contribution in [-0.4, -0.2) is 18.5 Å². The summed E-state index contributed by atoms with van der Waals surface area (Å²) in [5.74, 6) is 0.489. The number of methoxy groups -OCH3 is 1. The number of phenolic OH excluding ortho intramolecular Hbond substituents is 1. The summed E-state index contributed by atoms with van der Waals surface area (Å²) in [6, 6.07) is 10.6. The number of para-hydroxylation sites is 1. The largest absolute Gasteiger partial charge is 0.505 e. The van der Waals surface area contributed by atoms with Gasteiger partial charge in [-0.3, -0.25) is 4.79 Å². The predicted octanol–water partition coefficient (Wildman–Crippen LogP) is 2.46. The third-order valence-corrected chi connectivity index (χ3v) is 2.71. The normalized spacial score (nSPS) is 10.1. The summed E-state index contributed by atoms with van der Waals surface area (Å²) in [5.41, 5.74) is 7.55. The highest BCUT2D eigenvalue weighted by molar-refractivity contribution is 5.88. The third kappa shape index (κ3) is 2.00. The van der Waals surface area contributed by atoms with E-state index in [-0.39, 0.29) is 17.0 Å². The minimum absolute atomic E-state index is 0.163. The van der Waals surface area contributed by atoms with Crippen LogP contribution in [0.1, 0.15) is 10.4 Å². The quantitative estimate of drug-likeness (QED) is 0.493. The number of aldehydes is 1. The summed E-state index contributed by atoms with van der Waals surface area (Å²) >= 11 is 0. The number of benzene rings is 2. The molecule has 0 saturated heterocycles. The van der Waals surface area contributed by atoms with Gasteiger partial charge in [0.25, 0.3) is 0 Å². The SMILES string of the molecule is COc1ccccc1-c1cc(N)c(O)c(C=O)c1. The van der Waals surface area contributed by atoms with Crippen molar-refractivity contribution in [3.63, 3.8) is 0 Å². The molecule has 4 nitrogen and oxygen atoms in total. The minimum Gasteiger partial charge on any atom is -0.505 e. The number of nitrogens with two attached hydrogens (primary N) is 1. The topological polar surface area (TPSA) is 72.6 Å². The number of ether oxygens (including phenoxy) is 1.